The third-order valence-electron chi connectivity index (χ3n) is 5.13. The molecule has 3 heterocycles. The van der Waals surface area contributed by atoms with E-state index in [0.29, 0.717) is 42.2 Å². The second-order valence-corrected chi connectivity index (χ2v) is 10.3. The highest BCUT2D eigenvalue weighted by atomic mass is 32.2. The van der Waals surface area contributed by atoms with Crippen LogP contribution in [0.2, 0.25) is 0 Å². The molecule has 1 amide bonds. The Kier molecular flexibility index (Phi) is 6.17. The van der Waals surface area contributed by atoms with Crippen LogP contribution in [-0.2, 0) is 21.2 Å². The number of amides is 1. The van der Waals surface area contributed by atoms with Crippen molar-refractivity contribution in [1.82, 2.24) is 14.4 Å². The quantitative estimate of drug-likeness (QED) is 0.598. The summed E-state index contributed by atoms with van der Waals surface area (Å²) in [7, 11) is -3.67. The molecule has 8 nitrogen and oxygen atoms in total. The maximum absolute atomic E-state index is 13.0. The van der Waals surface area contributed by atoms with Crippen molar-refractivity contribution in [2.75, 3.05) is 18.4 Å². The van der Waals surface area contributed by atoms with Crippen LogP contribution in [0.1, 0.15) is 25.7 Å². The number of aromatic nitrogens is 2. The summed E-state index contributed by atoms with van der Waals surface area (Å²) >= 11 is 1.11. The van der Waals surface area contributed by atoms with Gasteiger partial charge in [-0.05, 0) is 43.2 Å². The minimum Gasteiger partial charge on any atom is -0.339 e. The fourth-order valence-corrected chi connectivity index (χ4v) is 6.13. The van der Waals surface area contributed by atoms with Gasteiger partial charge in [-0.3, -0.25) is 4.79 Å². The third kappa shape index (κ3) is 4.68. The van der Waals surface area contributed by atoms with Crippen molar-refractivity contribution in [3.05, 3.63) is 47.4 Å². The van der Waals surface area contributed by atoms with E-state index in [-0.39, 0.29) is 34.9 Å². The maximum atomic E-state index is 13.0. The van der Waals surface area contributed by atoms with Crippen molar-refractivity contribution >= 4 is 33.0 Å². The van der Waals surface area contributed by atoms with Crippen LogP contribution >= 0.6 is 11.3 Å². The number of nitrogens with zero attached hydrogens (tertiary/aromatic N) is 3. The molecule has 0 spiro atoms. The molecule has 4 rings (SSSR count). The molecule has 0 radical (unpaired) electrons. The number of halogens is 1. The van der Waals surface area contributed by atoms with E-state index >= 15 is 0 Å². The summed E-state index contributed by atoms with van der Waals surface area (Å²) in [6, 6.07) is 7.09. The highest BCUT2D eigenvalue weighted by Crippen LogP contribution is 2.31. The normalized spacial score (nSPS) is 15.8. The Morgan fingerprint density at radius 1 is 1.29 bits per heavy atom. The molecule has 1 N–H and O–H groups in total. The van der Waals surface area contributed by atoms with E-state index in [4.69, 9.17) is 4.52 Å². The van der Waals surface area contributed by atoms with E-state index in [1.54, 1.807) is 11.4 Å². The fourth-order valence-electron chi connectivity index (χ4n) is 3.35. The van der Waals surface area contributed by atoms with Crippen LogP contribution in [0.3, 0.4) is 0 Å². The number of aryl methyl sites for hydroxylation is 1. The summed E-state index contributed by atoms with van der Waals surface area (Å²) in [5.41, 5.74) is 1.11. The highest BCUT2D eigenvalue weighted by molar-refractivity contribution is 7.91. The number of carbonyl (C=O) groups is 1. The lowest BCUT2D eigenvalue weighted by atomic mass is 9.97. The Labute approximate surface area is 183 Å². The van der Waals surface area contributed by atoms with E-state index in [9.17, 15) is 17.6 Å². The molecule has 0 saturated carbocycles. The Morgan fingerprint density at radius 2 is 2.00 bits per heavy atom. The van der Waals surface area contributed by atoms with Gasteiger partial charge in [0.25, 0.3) is 10.0 Å². The highest BCUT2D eigenvalue weighted by Gasteiger charge is 2.33. The molecular formula is C20H21FN4O4S2. The lowest BCUT2D eigenvalue weighted by Gasteiger charge is -2.30. The van der Waals surface area contributed by atoms with Crippen LogP contribution in [0.5, 0.6) is 0 Å². The lowest BCUT2D eigenvalue weighted by molar-refractivity contribution is -0.120. The summed E-state index contributed by atoms with van der Waals surface area (Å²) in [6.07, 6.45) is 1.43. The number of hydrogen-bond donors (Lipinski definition) is 1. The van der Waals surface area contributed by atoms with Gasteiger partial charge in [0.05, 0.1) is 0 Å². The largest absolute Gasteiger partial charge is 0.339 e. The number of thiophene rings is 1. The molecule has 0 atom stereocenters. The Morgan fingerprint density at radius 3 is 2.65 bits per heavy atom. The SMILES string of the molecule is CCc1nc(-c2csc(S(=O)(=O)N3CCC(C(=O)Nc4ccc(F)cc4)CC3)c2)no1. The first-order valence-electron chi connectivity index (χ1n) is 9.85. The first kappa shape index (κ1) is 21.6. The van der Waals surface area contributed by atoms with Gasteiger partial charge in [-0.2, -0.15) is 9.29 Å². The molecule has 0 aliphatic carbocycles. The number of nitrogens with one attached hydrogen (secondary N) is 1. The number of piperidine rings is 1. The van der Waals surface area contributed by atoms with Gasteiger partial charge in [0.1, 0.15) is 10.0 Å². The van der Waals surface area contributed by atoms with Crippen molar-refractivity contribution < 1.29 is 22.1 Å². The summed E-state index contributed by atoms with van der Waals surface area (Å²) in [4.78, 5) is 16.7. The first-order valence-corrected chi connectivity index (χ1v) is 12.2. The van der Waals surface area contributed by atoms with Crippen LogP contribution in [0.25, 0.3) is 11.4 Å². The minimum absolute atomic E-state index is 0.189. The van der Waals surface area contributed by atoms with Gasteiger partial charge in [-0.15, -0.1) is 11.3 Å². The van der Waals surface area contributed by atoms with Gasteiger partial charge < -0.3 is 9.84 Å². The van der Waals surface area contributed by atoms with Crippen LogP contribution in [0.4, 0.5) is 10.1 Å². The van der Waals surface area contributed by atoms with E-state index < -0.39 is 10.0 Å². The number of hydrogen-bond acceptors (Lipinski definition) is 7. The molecule has 0 unspecified atom stereocenters. The number of sulfonamides is 1. The molecule has 1 saturated heterocycles. The van der Waals surface area contributed by atoms with Gasteiger partial charge in [-0.1, -0.05) is 12.1 Å². The number of rotatable bonds is 6. The summed E-state index contributed by atoms with van der Waals surface area (Å²) in [5.74, 6) is -0.0104. The first-order chi connectivity index (χ1) is 14.9. The molecule has 1 aromatic carbocycles. The molecule has 11 heteroatoms. The molecule has 0 bridgehead atoms. The molecule has 1 aliphatic rings. The van der Waals surface area contributed by atoms with Crippen molar-refractivity contribution in [3.63, 3.8) is 0 Å². The van der Waals surface area contributed by atoms with E-state index in [1.165, 1.54) is 28.6 Å². The van der Waals surface area contributed by atoms with Crippen molar-refractivity contribution in [2.24, 2.45) is 5.92 Å². The minimum atomic E-state index is -3.67. The van der Waals surface area contributed by atoms with Gasteiger partial charge in [0.2, 0.25) is 17.6 Å². The van der Waals surface area contributed by atoms with Crippen LogP contribution < -0.4 is 5.32 Å². The van der Waals surface area contributed by atoms with E-state index in [0.717, 1.165) is 11.3 Å². The molecular weight excluding hydrogens is 443 g/mol. The summed E-state index contributed by atoms with van der Waals surface area (Å²) in [6.45, 7) is 2.39. The molecule has 31 heavy (non-hydrogen) atoms. The number of anilines is 1. The molecule has 1 fully saturated rings. The Hall–Kier alpha value is -2.63. The summed E-state index contributed by atoms with van der Waals surface area (Å²) in [5, 5.41) is 8.33. The average Bonchev–Trinajstić information content (AvgIpc) is 3.45. The van der Waals surface area contributed by atoms with E-state index in [1.807, 2.05) is 6.92 Å². The lowest BCUT2D eigenvalue weighted by Crippen LogP contribution is -2.41. The monoisotopic (exact) mass is 464 g/mol. The smallest absolute Gasteiger partial charge is 0.252 e. The van der Waals surface area contributed by atoms with Crippen LogP contribution in [-0.4, -0.2) is 41.9 Å². The fraction of sp³-hybridized carbons (Fsp3) is 0.350. The summed E-state index contributed by atoms with van der Waals surface area (Å²) < 4.78 is 45.8. The van der Waals surface area contributed by atoms with Gasteiger partial charge >= 0.3 is 0 Å². The van der Waals surface area contributed by atoms with Gasteiger partial charge in [0.15, 0.2) is 0 Å². The van der Waals surface area contributed by atoms with Crippen molar-refractivity contribution in [1.29, 1.82) is 0 Å². The Balaban J connectivity index is 1.38. The third-order valence-corrected chi connectivity index (χ3v) is 8.45. The number of benzene rings is 1. The van der Waals surface area contributed by atoms with Crippen LogP contribution in [0, 0.1) is 11.7 Å². The molecule has 1 aliphatic heterocycles. The second kappa shape index (κ2) is 8.85. The van der Waals surface area contributed by atoms with E-state index in [2.05, 4.69) is 15.5 Å². The molecule has 2 aromatic heterocycles. The van der Waals surface area contributed by atoms with Crippen molar-refractivity contribution in [2.45, 2.75) is 30.4 Å². The maximum Gasteiger partial charge on any atom is 0.252 e. The van der Waals surface area contributed by atoms with Crippen LogP contribution in [0.15, 0.2) is 44.4 Å². The zero-order valence-electron chi connectivity index (χ0n) is 16.7. The topological polar surface area (TPSA) is 105 Å². The van der Waals surface area contributed by atoms with Gasteiger partial charge in [0, 0.05) is 42.1 Å². The predicted molar refractivity (Wildman–Crippen MR) is 114 cm³/mol. The second-order valence-electron chi connectivity index (χ2n) is 7.19. The molecule has 164 valence electrons. The zero-order valence-corrected chi connectivity index (χ0v) is 18.4. The van der Waals surface area contributed by atoms with Crippen molar-refractivity contribution in [3.8, 4) is 11.4 Å². The number of carbonyl (C=O) groups excluding carboxylic acids is 1. The molecule has 3 aromatic rings. The van der Waals surface area contributed by atoms with Gasteiger partial charge in [-0.25, -0.2) is 12.8 Å². The standard InChI is InChI=1S/C20H21FN4O4S2/c1-2-17-23-19(24-29-17)14-11-18(30-12-14)31(27,28)25-9-7-13(8-10-25)20(26)22-16-5-3-15(21)4-6-16/h3-6,11-13H,2,7-10H2,1H3,(H,22,26). The predicted octanol–water partition coefficient (Wildman–Crippen LogP) is 3.54. The Bertz CT molecular complexity index is 1170. The average molecular weight is 465 g/mol. The zero-order chi connectivity index (χ0) is 22.0.